The molecule has 0 amide bonds. The van der Waals surface area contributed by atoms with Crippen molar-refractivity contribution in [2.24, 2.45) is 0 Å². The van der Waals surface area contributed by atoms with E-state index < -0.39 is 0 Å². The summed E-state index contributed by atoms with van der Waals surface area (Å²) in [4.78, 5) is 0. The van der Waals surface area contributed by atoms with Crippen LogP contribution in [0.25, 0.3) is 21.5 Å². The fourth-order valence-corrected chi connectivity index (χ4v) is 3.01. The van der Waals surface area contributed by atoms with Crippen LogP contribution in [0.1, 0.15) is 11.1 Å². The minimum absolute atomic E-state index is 0. The quantitative estimate of drug-likeness (QED) is 0.334. The zero-order chi connectivity index (χ0) is 13.4. The van der Waals surface area contributed by atoms with E-state index in [1.807, 2.05) is 0 Å². The van der Waals surface area contributed by atoms with Crippen molar-refractivity contribution in [2.45, 2.75) is 12.8 Å². The Hall–Kier alpha value is -1.17. The van der Waals surface area contributed by atoms with E-state index in [1.165, 1.54) is 32.7 Å². The monoisotopic (exact) mass is 412 g/mol. The van der Waals surface area contributed by atoms with Crippen molar-refractivity contribution >= 4 is 34.0 Å². The van der Waals surface area contributed by atoms with Gasteiger partial charge in [0.05, 0.1) is 0 Å². The molecule has 24 heavy (non-hydrogen) atoms. The first-order valence-corrected chi connectivity index (χ1v) is 7.17. The molecule has 2 heteroatoms. The summed E-state index contributed by atoms with van der Waals surface area (Å²) in [6, 6.07) is 26.5. The van der Waals surface area contributed by atoms with Gasteiger partial charge in [0.25, 0.3) is 0 Å². The van der Waals surface area contributed by atoms with Crippen molar-refractivity contribution < 1.29 is 26.2 Å². The molecule has 0 aliphatic heterocycles. The van der Waals surface area contributed by atoms with Gasteiger partial charge in [-0.25, -0.2) is 0 Å². The molecule has 0 saturated heterocycles. The van der Waals surface area contributed by atoms with Crippen LogP contribution in [0.15, 0.2) is 72.8 Å². The Bertz CT molecular complexity index is 730. The Morgan fingerprint density at radius 3 is 1.38 bits per heavy atom. The first-order chi connectivity index (χ1) is 9.88. The van der Waals surface area contributed by atoms with E-state index in [-0.39, 0.29) is 53.5 Å². The van der Waals surface area contributed by atoms with Crippen molar-refractivity contribution in [2.75, 3.05) is 0 Å². The Labute approximate surface area is 171 Å². The maximum absolute atomic E-state index is 2.32. The van der Waals surface area contributed by atoms with Crippen LogP contribution in [0.2, 0.25) is 0 Å². The van der Waals surface area contributed by atoms with Crippen LogP contribution in [0.5, 0.6) is 0 Å². The average Bonchev–Trinajstić information content (AvgIpc) is 3.07. The number of hydrogen-bond acceptors (Lipinski definition) is 0. The molecule has 0 bridgehead atoms. The molecule has 0 aromatic heterocycles. The van der Waals surface area contributed by atoms with Crippen LogP contribution >= 0.6 is 12.4 Å². The van der Waals surface area contributed by atoms with E-state index in [1.54, 1.807) is 0 Å². The van der Waals surface area contributed by atoms with Gasteiger partial charge in [-0.1, -0.05) is 12.1 Å². The van der Waals surface area contributed by atoms with Crippen molar-refractivity contribution in [1.29, 1.82) is 0 Å². The van der Waals surface area contributed by atoms with Gasteiger partial charge in [-0.3, -0.25) is 0 Å². The van der Waals surface area contributed by atoms with Gasteiger partial charge in [-0.2, -0.15) is 12.1 Å². The predicted octanol–water partition coefficient (Wildman–Crippen LogP) is 6.54. The molecule has 0 atom stereocenters. The van der Waals surface area contributed by atoms with Crippen LogP contribution in [0.3, 0.4) is 0 Å². The molecule has 0 nitrogen and oxygen atoms in total. The van der Waals surface area contributed by atoms with Crippen LogP contribution in [0, 0.1) is 14.9 Å². The number of hydrogen-bond donors (Lipinski definition) is 0. The molecule has 0 aliphatic carbocycles. The van der Waals surface area contributed by atoms with Gasteiger partial charge in [-0.15, -0.1) is 93.6 Å². The number of fused-ring (bicyclic) bond motifs is 2. The third-order valence-corrected chi connectivity index (χ3v) is 4.06. The fourth-order valence-electron chi connectivity index (χ4n) is 3.01. The Balaban J connectivity index is 0.00000132. The van der Waals surface area contributed by atoms with Crippen molar-refractivity contribution in [3.8, 4) is 0 Å². The normalized spacial score (nSPS) is 9.50. The molecule has 0 heterocycles. The average molecular weight is 414 g/mol. The SMILES string of the molecule is Cl.[CH3-].[CH3-].[Zr+4].c1ccc2[cH-]c(CCc3cc4ccccc4[cH-]3)cc2c1. The summed E-state index contributed by atoms with van der Waals surface area (Å²) >= 11 is 0. The molecular formula is C22H23ClZr. The maximum atomic E-state index is 2.32. The maximum Gasteiger partial charge on any atom is 4.00 e. The standard InChI is InChI=1S/C20H16.2CH3.ClH.Zr/c1-2-6-18-12-15(11-17(18)5-1)9-10-16-13-19-7-3-4-8-20(19)14-16;;;;/h1-8,11-14H,9-10H2;2*1H3;1H;/q-2;2*-1;;+4. The zero-order valence-electron chi connectivity index (χ0n) is 14.3. The van der Waals surface area contributed by atoms with E-state index in [2.05, 4.69) is 72.8 Å². The zero-order valence-corrected chi connectivity index (χ0v) is 17.5. The fraction of sp³-hybridized carbons (Fsp3) is 0.0909. The second-order valence-corrected chi connectivity index (χ2v) is 5.49. The van der Waals surface area contributed by atoms with Gasteiger partial charge in [0.1, 0.15) is 0 Å². The molecule has 0 fully saturated rings. The minimum Gasteiger partial charge on any atom is -0.358 e. The molecule has 122 valence electrons. The summed E-state index contributed by atoms with van der Waals surface area (Å²) in [5.41, 5.74) is 2.88. The molecule has 0 aliphatic rings. The summed E-state index contributed by atoms with van der Waals surface area (Å²) in [5, 5.41) is 5.43. The van der Waals surface area contributed by atoms with Crippen LogP contribution < -0.4 is 0 Å². The molecule has 4 aromatic rings. The third-order valence-electron chi connectivity index (χ3n) is 4.06. The van der Waals surface area contributed by atoms with Crippen molar-refractivity contribution in [3.63, 3.8) is 0 Å². The topological polar surface area (TPSA) is 0 Å². The summed E-state index contributed by atoms with van der Waals surface area (Å²) in [6.07, 6.45) is 2.23. The number of rotatable bonds is 3. The third kappa shape index (κ3) is 4.68. The minimum atomic E-state index is 0. The predicted molar refractivity (Wildman–Crippen MR) is 107 cm³/mol. The number of aryl methyl sites for hydroxylation is 2. The molecule has 0 N–H and O–H groups in total. The smallest absolute Gasteiger partial charge is 0.358 e. The van der Waals surface area contributed by atoms with Crippen LogP contribution in [-0.2, 0) is 39.0 Å². The molecule has 0 saturated carbocycles. The first-order valence-electron chi connectivity index (χ1n) is 7.17. The van der Waals surface area contributed by atoms with Gasteiger partial charge >= 0.3 is 26.2 Å². The molecule has 0 radical (unpaired) electrons. The summed E-state index contributed by atoms with van der Waals surface area (Å²) < 4.78 is 0. The largest absolute Gasteiger partial charge is 4.00 e. The van der Waals surface area contributed by atoms with Gasteiger partial charge in [-0.05, 0) is 12.8 Å². The first kappa shape index (κ1) is 22.8. The molecule has 4 aromatic carbocycles. The Kier molecular flexibility index (Phi) is 9.48. The van der Waals surface area contributed by atoms with E-state index in [0.29, 0.717) is 0 Å². The van der Waals surface area contributed by atoms with E-state index >= 15 is 0 Å². The number of benzene rings is 2. The van der Waals surface area contributed by atoms with Gasteiger partial charge in [0, 0.05) is 0 Å². The van der Waals surface area contributed by atoms with E-state index in [0.717, 1.165) is 12.8 Å². The van der Waals surface area contributed by atoms with Crippen LogP contribution in [0.4, 0.5) is 0 Å². The Morgan fingerprint density at radius 2 is 1.00 bits per heavy atom. The summed E-state index contributed by atoms with van der Waals surface area (Å²) in [5.74, 6) is 0. The van der Waals surface area contributed by atoms with Crippen molar-refractivity contribution in [3.05, 3.63) is 98.8 Å². The number of halogens is 1. The van der Waals surface area contributed by atoms with E-state index in [9.17, 15) is 0 Å². The van der Waals surface area contributed by atoms with Gasteiger partial charge in [0.15, 0.2) is 0 Å². The summed E-state index contributed by atoms with van der Waals surface area (Å²) in [6.45, 7) is 0. The molecular weight excluding hydrogens is 391 g/mol. The van der Waals surface area contributed by atoms with Gasteiger partial charge in [0.2, 0.25) is 0 Å². The second kappa shape index (κ2) is 9.97. The second-order valence-electron chi connectivity index (χ2n) is 5.49. The molecule has 0 unspecified atom stereocenters. The van der Waals surface area contributed by atoms with E-state index in [4.69, 9.17) is 0 Å². The summed E-state index contributed by atoms with van der Waals surface area (Å²) in [7, 11) is 0. The van der Waals surface area contributed by atoms with Crippen molar-refractivity contribution in [1.82, 2.24) is 0 Å². The molecule has 4 rings (SSSR count). The van der Waals surface area contributed by atoms with Crippen LogP contribution in [-0.4, -0.2) is 0 Å². The van der Waals surface area contributed by atoms with Gasteiger partial charge < -0.3 is 14.9 Å². The Morgan fingerprint density at radius 1 is 0.625 bits per heavy atom. The molecule has 0 spiro atoms.